The van der Waals surface area contributed by atoms with Crippen molar-refractivity contribution in [1.29, 1.82) is 0 Å². The minimum Gasteiger partial charge on any atom is -0.497 e. The van der Waals surface area contributed by atoms with Crippen molar-refractivity contribution < 1.29 is 81.2 Å². The van der Waals surface area contributed by atoms with Crippen LogP contribution in [-0.4, -0.2) is 214 Å². The van der Waals surface area contributed by atoms with Gasteiger partial charge in [0.15, 0.2) is 0 Å². The number of aliphatic hydroxyl groups excluding tert-OH is 1. The number of nitrogens with two attached hydrogens (primary N) is 1. The third-order valence-electron chi connectivity index (χ3n) is 20.7. The number of hydrogen-bond acceptors (Lipinski definition) is 17. The number of aryl methyl sites for hydroxylation is 1. The molecular formula is C79H103FN14O16. The highest BCUT2D eigenvalue weighted by atomic mass is 19.1. The number of amides is 12. The molecule has 11 rings (SSSR count). The van der Waals surface area contributed by atoms with E-state index in [9.17, 15) is 38.7 Å². The Morgan fingerprint density at radius 2 is 1.40 bits per heavy atom. The highest BCUT2D eigenvalue weighted by molar-refractivity contribution is 6.00. The summed E-state index contributed by atoms with van der Waals surface area (Å²) in [4.78, 5) is 182. The van der Waals surface area contributed by atoms with E-state index in [1.165, 1.54) is 31.1 Å². The highest BCUT2D eigenvalue weighted by Crippen LogP contribution is 2.32. The Morgan fingerprint density at radius 1 is 0.691 bits per heavy atom. The van der Waals surface area contributed by atoms with Crippen LogP contribution in [0.3, 0.4) is 0 Å². The molecule has 0 aliphatic carbocycles. The number of carbonyl (C=O) groups is 12. The lowest BCUT2D eigenvalue weighted by Crippen LogP contribution is -2.66. The molecule has 1 aromatic heterocycles. The van der Waals surface area contributed by atoms with Gasteiger partial charge in [-0.2, -0.15) is 0 Å². The van der Waals surface area contributed by atoms with Gasteiger partial charge in [0, 0.05) is 102 Å². The molecule has 0 spiro atoms. The molecular weight excluding hydrogens is 1420 g/mol. The Labute approximate surface area is 638 Å². The van der Waals surface area contributed by atoms with E-state index in [0.717, 1.165) is 16.0 Å². The number of piperidine rings is 1. The molecule has 10 atom stereocenters. The number of rotatable bonds is 7. The second-order valence-electron chi connectivity index (χ2n) is 30.2. The molecule has 2 saturated heterocycles. The summed E-state index contributed by atoms with van der Waals surface area (Å²) < 4.78 is 34.9. The first kappa shape index (κ1) is 82.0. The van der Waals surface area contributed by atoms with Crippen LogP contribution in [0.1, 0.15) is 132 Å². The average Bonchev–Trinajstić information content (AvgIpc) is 1.55. The van der Waals surface area contributed by atoms with Gasteiger partial charge in [-0.15, -0.1) is 0 Å². The molecule has 0 radical (unpaired) electrons. The number of aliphatic hydroxyl groups is 1. The maximum atomic E-state index is 16.3. The molecule has 12 amide bonds. The van der Waals surface area contributed by atoms with Gasteiger partial charge in [0.1, 0.15) is 71.6 Å². The molecule has 4 aromatic carbocycles. The number of halogens is 1. The van der Waals surface area contributed by atoms with Crippen LogP contribution in [0.5, 0.6) is 5.75 Å². The van der Waals surface area contributed by atoms with Crippen LogP contribution >= 0.6 is 0 Å². The van der Waals surface area contributed by atoms with Gasteiger partial charge in [-0.05, 0) is 143 Å². The van der Waals surface area contributed by atoms with E-state index in [1.807, 2.05) is 28.8 Å². The lowest BCUT2D eigenvalue weighted by atomic mass is 9.94. The molecule has 12 bridgehead atoms. The van der Waals surface area contributed by atoms with Crippen LogP contribution in [0.2, 0.25) is 0 Å². The summed E-state index contributed by atoms with van der Waals surface area (Å²) in [6.07, 6.45) is -0.169. The van der Waals surface area contributed by atoms with Crippen LogP contribution < -0.4 is 58.3 Å². The number of fused-ring (bicyclic) bond motifs is 16. The van der Waals surface area contributed by atoms with Crippen LogP contribution in [0.25, 0.3) is 10.9 Å². The van der Waals surface area contributed by atoms with E-state index in [2.05, 4.69) is 47.9 Å². The third-order valence-corrected chi connectivity index (χ3v) is 20.7. The molecule has 0 unspecified atom stereocenters. The Morgan fingerprint density at radius 3 is 2.13 bits per heavy atom. The van der Waals surface area contributed by atoms with Gasteiger partial charge in [0.05, 0.1) is 25.9 Å². The molecule has 2 fully saturated rings. The monoisotopic (exact) mass is 1520 g/mol. The molecule has 30 nitrogen and oxygen atoms in total. The first-order chi connectivity index (χ1) is 52.6. The molecule has 0 saturated carbocycles. The summed E-state index contributed by atoms with van der Waals surface area (Å²) in [6, 6.07) is 13.5. The predicted molar refractivity (Wildman–Crippen MR) is 401 cm³/mol. The lowest BCUT2D eigenvalue weighted by molar-refractivity contribution is -0.156. The highest BCUT2D eigenvalue weighted by Gasteiger charge is 2.49. The average molecular weight is 1520 g/mol. The number of benzene rings is 4. The fourth-order valence-corrected chi connectivity index (χ4v) is 14.8. The van der Waals surface area contributed by atoms with Crippen molar-refractivity contribution in [2.75, 3.05) is 53.0 Å². The Bertz CT molecular complexity index is 4190. The van der Waals surface area contributed by atoms with Gasteiger partial charge in [-0.1, -0.05) is 73.5 Å². The number of ether oxygens (including phenoxy) is 3. The minimum atomic E-state index is -1.86. The quantitative estimate of drug-likeness (QED) is 0.111. The number of nitrogens with zero attached hydrogens (tertiary/aromatic N) is 4. The number of hydrogen-bond donors (Lipinski definition) is 11. The maximum Gasteiger partial charge on any atom is 0.407 e. The molecule has 7 heterocycles. The normalized spacial score (nSPS) is 25.2. The zero-order chi connectivity index (χ0) is 79.0. The van der Waals surface area contributed by atoms with Crippen molar-refractivity contribution in [3.05, 3.63) is 136 Å². The number of alkyl carbamates (subject to hydrolysis) is 1. The molecule has 110 heavy (non-hydrogen) atoms. The van der Waals surface area contributed by atoms with Gasteiger partial charge >= 0.3 is 6.09 Å². The number of methoxy groups -OCH3 is 1. The number of nitrogens with one attached hydrogen (secondary N) is 9. The molecule has 592 valence electrons. The smallest absolute Gasteiger partial charge is 0.407 e. The fourth-order valence-electron chi connectivity index (χ4n) is 14.8. The van der Waals surface area contributed by atoms with Crippen molar-refractivity contribution in [3.63, 3.8) is 0 Å². The summed E-state index contributed by atoms with van der Waals surface area (Å²) in [5.74, 6) is -9.02. The lowest BCUT2D eigenvalue weighted by Gasteiger charge is -2.42. The summed E-state index contributed by atoms with van der Waals surface area (Å²) >= 11 is 0. The van der Waals surface area contributed by atoms with Gasteiger partial charge in [-0.25, -0.2) is 9.18 Å². The second-order valence-corrected chi connectivity index (χ2v) is 30.2. The van der Waals surface area contributed by atoms with Crippen LogP contribution in [-0.2, 0) is 108 Å². The molecule has 12 N–H and O–H groups in total. The Kier molecular flexibility index (Phi) is 27.8. The van der Waals surface area contributed by atoms with Gasteiger partial charge in [0.25, 0.3) is 0 Å². The minimum absolute atomic E-state index is 0.0525. The van der Waals surface area contributed by atoms with Crippen molar-refractivity contribution in [3.8, 4) is 5.75 Å². The number of aromatic nitrogens is 1. The Balaban J connectivity index is 1.10. The van der Waals surface area contributed by atoms with Crippen LogP contribution in [0, 0.1) is 5.82 Å². The van der Waals surface area contributed by atoms with E-state index in [0.29, 0.717) is 84.0 Å². The van der Waals surface area contributed by atoms with Gasteiger partial charge in [-0.3, -0.25) is 52.7 Å². The summed E-state index contributed by atoms with van der Waals surface area (Å²) in [6.45, 7) is 6.70. The van der Waals surface area contributed by atoms with E-state index in [-0.39, 0.29) is 84.2 Å². The molecule has 5 aromatic rings. The SMILES string of the molecule is COc1ccc(C[C@@H]2NC(=O)[C@H]([C@@H](C)O)NC(=O)[C@@H]3[C@@H]4CCCN3C(=O)[C@@H]3Cc5cn(c6ccc(F)cc56)CCCCCCN(Cc5ccc(cc5)CCNC(=O)[C@]5(C)CCCN5C2=O)C(=O)CCC(=O)N[C@@H](CNC(=O)OC(C)(C)C)C(=O)N[C@H](CN)C(=O)N[C@@H](Cc2cccc(c2)CNC(=O)CO4)C(=O)N3)cc1. The standard InChI is InChI=1S/C79H103FN14O16/c1-47(95)67-72(102)88-58(37-49-21-24-55(108-6)25-22-49)75(105)94-35-13-30-79(94,5)76(106)82-31-29-48-17-19-50(20-18-48)44-92-33-10-8-7-9-32-91-45-53(56-40-54(80)23-26-62(56)91)39-59-74(104)93-34-12-16-63(68(93)73(103)90-67)109-46-65(97)83-42-52-15-11-14-51(36-52)38-57(69(99)87-59)86-70(100)60(41-81)89-71(101)61(85-64(96)27-28-66(92)98)43-84-77(107)110-78(2,3)4/h11,14-15,17-26,36,40,45,47,57-61,63,67-68,95H,7-10,12-13,16,27-35,37-39,41-44,46,81H2,1-6H3,(H,82,106)(H,83,97)(H,84,107)(H,85,96)(H,86,100)(H,87,99)(H,88,102)(H,89,101)(H,90,103)/t47-,57+,58+,59+,60-,61+,63+,67+,68+,79+/m1/s1. The van der Waals surface area contributed by atoms with Gasteiger partial charge in [0.2, 0.25) is 65.0 Å². The van der Waals surface area contributed by atoms with Crippen LogP contribution in [0.4, 0.5) is 9.18 Å². The zero-order valence-corrected chi connectivity index (χ0v) is 63.2. The molecule has 6 aliphatic heterocycles. The van der Waals surface area contributed by atoms with Gasteiger partial charge < -0.3 is 92.2 Å². The molecule has 6 aliphatic rings. The molecule has 31 heteroatoms. The first-order valence-electron chi connectivity index (χ1n) is 37.8. The van der Waals surface area contributed by atoms with E-state index < -0.39 is 169 Å². The number of carbonyl (C=O) groups excluding carboxylic acids is 12. The maximum absolute atomic E-state index is 16.3. The first-order valence-corrected chi connectivity index (χ1v) is 37.8. The Hall–Kier alpha value is -10.5. The van der Waals surface area contributed by atoms with Crippen molar-refractivity contribution in [2.24, 2.45) is 5.73 Å². The van der Waals surface area contributed by atoms with Crippen molar-refractivity contribution in [1.82, 2.24) is 67.1 Å². The van der Waals surface area contributed by atoms with E-state index >= 15 is 28.4 Å². The van der Waals surface area contributed by atoms with Crippen molar-refractivity contribution in [2.45, 2.75) is 210 Å². The topological polar surface area (TPSA) is 402 Å². The largest absolute Gasteiger partial charge is 0.497 e. The fraction of sp³-hybridized carbons (Fsp3) is 0.519. The zero-order valence-electron chi connectivity index (χ0n) is 63.2. The second kappa shape index (κ2) is 37.3. The summed E-state index contributed by atoms with van der Waals surface area (Å²) in [7, 11) is 1.49. The van der Waals surface area contributed by atoms with E-state index in [4.69, 9.17) is 19.9 Å². The van der Waals surface area contributed by atoms with E-state index in [1.54, 1.807) is 93.4 Å². The summed E-state index contributed by atoms with van der Waals surface area (Å²) in [5, 5.41) is 36.6. The predicted octanol–water partition coefficient (Wildman–Crippen LogP) is 2.03. The third kappa shape index (κ3) is 21.5. The van der Waals surface area contributed by atoms with Crippen LogP contribution in [0.15, 0.2) is 97.2 Å². The summed E-state index contributed by atoms with van der Waals surface area (Å²) in [5.41, 5.74) is 7.95. The van der Waals surface area contributed by atoms with Crippen molar-refractivity contribution >= 4 is 82.0 Å².